The third-order valence-corrected chi connectivity index (χ3v) is 1.80. The Balaban J connectivity index is 0. The first-order chi connectivity index (χ1) is 4.71. The smallest absolute Gasteiger partial charge is 0.0746 e. The first-order valence-electron chi connectivity index (χ1n) is 2.17. The van der Waals surface area contributed by atoms with Crippen LogP contribution in [0.5, 0.6) is 0 Å². The molecular formula is C2H5O7P2-3. The molecular weight excluding hydrogens is 198 g/mol. The quantitative estimate of drug-likeness (QED) is 0.357. The Hall–Kier alpha value is 0.130. The summed E-state index contributed by atoms with van der Waals surface area (Å²) in [7, 11) is -11.4. The van der Waals surface area contributed by atoms with Crippen molar-refractivity contribution in [3.8, 4) is 0 Å². The van der Waals surface area contributed by atoms with Gasteiger partial charge in [-0.25, -0.2) is 0 Å². The van der Waals surface area contributed by atoms with Gasteiger partial charge in [-0.1, -0.05) is 0 Å². The first kappa shape index (κ1) is 13.7. The Labute approximate surface area is 63.5 Å². The second-order valence-electron chi connectivity index (χ2n) is 0.976. The fraction of sp³-hybridized carbons (Fsp3) is 0.500. The molecule has 0 radical (unpaired) electrons. The average Bonchev–Trinajstić information content (AvgIpc) is 1.60. The van der Waals surface area contributed by atoms with Gasteiger partial charge in [0.1, 0.15) is 0 Å². The van der Waals surface area contributed by atoms with Gasteiger partial charge in [0.25, 0.3) is 0 Å². The highest BCUT2D eigenvalue weighted by Crippen LogP contribution is 2.42. The maximum Gasteiger partial charge on any atom is 0.0746 e. The van der Waals surface area contributed by atoms with E-state index in [0.29, 0.717) is 0 Å². The second-order valence-corrected chi connectivity index (χ2v) is 3.42. The summed E-state index contributed by atoms with van der Waals surface area (Å²) >= 11 is 0. The van der Waals surface area contributed by atoms with Gasteiger partial charge in [-0.05, 0) is 0 Å². The van der Waals surface area contributed by atoms with Gasteiger partial charge in [0.2, 0.25) is 0 Å². The van der Waals surface area contributed by atoms with Crippen LogP contribution in [0.15, 0.2) is 0 Å². The lowest BCUT2D eigenvalue weighted by Gasteiger charge is -2.39. The number of hydrogen-bond acceptors (Lipinski definition) is 7. The lowest BCUT2D eigenvalue weighted by Crippen LogP contribution is -2.23. The maximum atomic E-state index is 9.32. The highest BCUT2D eigenvalue weighted by Gasteiger charge is 1.92. The zero-order valence-electron chi connectivity index (χ0n) is 5.46. The van der Waals surface area contributed by atoms with Gasteiger partial charge in [-0.15, -0.1) is 0 Å². The standard InChI is InChI=1S/C2H5.H4O7P2/c1-2;1-8(2,3)7-9(4,5)6/h1H2,2H3;(H2,1,2,3)(H2,4,5,6)/q+1;/p-4. The average molecular weight is 203 g/mol. The summed E-state index contributed by atoms with van der Waals surface area (Å²) in [5.74, 6) is 0. The number of rotatable bonds is 2. The summed E-state index contributed by atoms with van der Waals surface area (Å²) in [4.78, 5) is 37.3. The highest BCUT2D eigenvalue weighted by molar-refractivity contribution is 7.57. The van der Waals surface area contributed by atoms with Crippen LogP contribution in [-0.4, -0.2) is 0 Å². The van der Waals surface area contributed by atoms with Crippen LogP contribution >= 0.6 is 15.6 Å². The minimum atomic E-state index is -5.68. The summed E-state index contributed by atoms with van der Waals surface area (Å²) in [5, 5.41) is 0. The summed E-state index contributed by atoms with van der Waals surface area (Å²) < 4.78 is 21.2. The largest absolute Gasteiger partial charge is 0.790 e. The van der Waals surface area contributed by atoms with Crippen LogP contribution < -0.4 is 19.6 Å². The molecule has 0 bridgehead atoms. The van der Waals surface area contributed by atoms with Crippen molar-refractivity contribution in [3.63, 3.8) is 0 Å². The summed E-state index contributed by atoms with van der Waals surface area (Å²) in [5.41, 5.74) is 0. The Morgan fingerprint density at radius 1 is 1.00 bits per heavy atom. The third kappa shape index (κ3) is 17.8. The molecule has 0 saturated heterocycles. The molecule has 0 atom stereocenters. The molecule has 0 spiro atoms. The summed E-state index contributed by atoms with van der Waals surface area (Å²) in [6.45, 7) is 5.00. The SMILES string of the molecule is O=P([O-])([O-])OP(=O)([O-])[O-].[CH2+]C. The third-order valence-electron chi connectivity index (χ3n) is 0.200. The van der Waals surface area contributed by atoms with Gasteiger partial charge in [0, 0.05) is 0 Å². The van der Waals surface area contributed by atoms with Crippen molar-refractivity contribution in [3.05, 3.63) is 6.92 Å². The molecule has 0 fully saturated rings. The zero-order valence-corrected chi connectivity index (χ0v) is 7.25. The van der Waals surface area contributed by atoms with E-state index in [1.54, 1.807) is 6.92 Å². The molecule has 0 aliphatic rings. The normalized spacial score (nSPS) is 11.7. The first-order valence-corrected chi connectivity index (χ1v) is 5.09. The molecule has 0 aliphatic carbocycles. The predicted octanol–water partition coefficient (Wildman–Crippen LogP) is -2.50. The van der Waals surface area contributed by atoms with Gasteiger partial charge in [0.05, 0.1) is 29.5 Å². The topological polar surface area (TPSA) is 136 Å². The fourth-order valence-corrected chi connectivity index (χ4v) is 1.10. The van der Waals surface area contributed by atoms with E-state index in [1.165, 1.54) is 0 Å². The Morgan fingerprint density at radius 2 is 1.18 bits per heavy atom. The molecule has 0 N–H and O–H groups in total. The van der Waals surface area contributed by atoms with E-state index in [-0.39, 0.29) is 0 Å². The van der Waals surface area contributed by atoms with E-state index in [4.69, 9.17) is 0 Å². The van der Waals surface area contributed by atoms with E-state index in [9.17, 15) is 28.7 Å². The van der Waals surface area contributed by atoms with Crippen LogP contribution in [0.1, 0.15) is 6.92 Å². The molecule has 0 rings (SSSR count). The van der Waals surface area contributed by atoms with Crippen molar-refractivity contribution in [2.45, 2.75) is 6.92 Å². The number of hydrogen-bond donors (Lipinski definition) is 0. The molecule has 7 nitrogen and oxygen atoms in total. The molecule has 0 heterocycles. The molecule has 11 heavy (non-hydrogen) atoms. The van der Waals surface area contributed by atoms with Crippen LogP contribution in [0.4, 0.5) is 0 Å². The lowest BCUT2D eigenvalue weighted by atomic mass is 11.0. The molecule has 0 unspecified atom stereocenters. The highest BCUT2D eigenvalue weighted by atomic mass is 31.3. The van der Waals surface area contributed by atoms with Crippen molar-refractivity contribution >= 4 is 15.6 Å². The minimum Gasteiger partial charge on any atom is -0.790 e. The van der Waals surface area contributed by atoms with Gasteiger partial charge < -0.3 is 33.0 Å². The molecule has 0 saturated carbocycles. The Bertz CT molecular complexity index is 155. The van der Waals surface area contributed by atoms with Crippen molar-refractivity contribution in [1.82, 2.24) is 0 Å². The maximum absolute atomic E-state index is 9.32. The molecule has 0 aliphatic heterocycles. The summed E-state index contributed by atoms with van der Waals surface area (Å²) in [6, 6.07) is 0. The van der Waals surface area contributed by atoms with Gasteiger partial charge >= 0.3 is 0 Å². The molecule has 68 valence electrons. The molecule has 0 amide bonds. The van der Waals surface area contributed by atoms with E-state index < -0.39 is 15.6 Å². The summed E-state index contributed by atoms with van der Waals surface area (Å²) in [6.07, 6.45) is 0. The van der Waals surface area contributed by atoms with Gasteiger partial charge in [0.15, 0.2) is 0 Å². The lowest BCUT2D eigenvalue weighted by molar-refractivity contribution is -0.364. The van der Waals surface area contributed by atoms with Gasteiger partial charge in [-0.3, -0.25) is 0 Å². The van der Waals surface area contributed by atoms with Crippen molar-refractivity contribution in [2.24, 2.45) is 0 Å². The molecule has 0 aromatic carbocycles. The molecule has 0 aromatic rings. The van der Waals surface area contributed by atoms with Crippen LogP contribution in [-0.2, 0) is 13.4 Å². The predicted molar refractivity (Wildman–Crippen MR) is 27.3 cm³/mol. The fourth-order valence-electron chi connectivity index (χ4n) is 0.122. The van der Waals surface area contributed by atoms with Crippen LogP contribution in [0, 0.1) is 6.92 Å². The van der Waals surface area contributed by atoms with Crippen LogP contribution in [0.2, 0.25) is 0 Å². The Morgan fingerprint density at radius 3 is 1.18 bits per heavy atom. The molecule has 0 aromatic heterocycles. The zero-order chi connectivity index (χ0) is 9.71. The second kappa shape index (κ2) is 4.90. The van der Waals surface area contributed by atoms with E-state index in [2.05, 4.69) is 11.2 Å². The Kier molecular flexibility index (Phi) is 6.10. The number of phosphoric acid groups is 2. The monoisotopic (exact) mass is 203 g/mol. The minimum absolute atomic E-state index is 1.75. The van der Waals surface area contributed by atoms with E-state index in [1.807, 2.05) is 0 Å². The van der Waals surface area contributed by atoms with Crippen LogP contribution in [0.3, 0.4) is 0 Å². The molecule has 9 heteroatoms. The van der Waals surface area contributed by atoms with Crippen LogP contribution in [0.25, 0.3) is 0 Å². The van der Waals surface area contributed by atoms with Gasteiger partial charge in [-0.2, -0.15) is 0 Å². The van der Waals surface area contributed by atoms with Crippen molar-refractivity contribution in [1.29, 1.82) is 0 Å². The van der Waals surface area contributed by atoms with Crippen molar-refractivity contribution < 1.29 is 33.0 Å². The van der Waals surface area contributed by atoms with E-state index in [0.717, 1.165) is 0 Å². The van der Waals surface area contributed by atoms with E-state index >= 15 is 0 Å². The van der Waals surface area contributed by atoms with Crippen molar-refractivity contribution in [2.75, 3.05) is 0 Å².